The third-order valence-corrected chi connectivity index (χ3v) is 1.87. The molecule has 4 heteroatoms. The van der Waals surface area contributed by atoms with Crippen molar-refractivity contribution in [2.24, 2.45) is 0 Å². The van der Waals surface area contributed by atoms with Crippen LogP contribution in [0.4, 0.5) is 4.79 Å². The van der Waals surface area contributed by atoms with E-state index in [-0.39, 0.29) is 12.1 Å². The Morgan fingerprint density at radius 1 is 1.67 bits per heavy atom. The van der Waals surface area contributed by atoms with Crippen molar-refractivity contribution in [1.82, 2.24) is 10.2 Å². The Morgan fingerprint density at radius 3 is 2.75 bits per heavy atom. The summed E-state index contributed by atoms with van der Waals surface area (Å²) in [5, 5.41) is 8.03. The van der Waals surface area contributed by atoms with Crippen molar-refractivity contribution < 1.29 is 10.2 Å². The Labute approximate surface area is 71.8 Å². The summed E-state index contributed by atoms with van der Waals surface area (Å²) < 4.78 is 0. The number of carbonyl (C=O) groups is 1. The summed E-state index contributed by atoms with van der Waals surface area (Å²) in [6, 6.07) is 0.0322. The normalized spacial score (nSPS) is 18.6. The van der Waals surface area contributed by atoms with E-state index in [0.717, 1.165) is 5.57 Å². The predicted molar refractivity (Wildman–Crippen MR) is 46.4 cm³/mol. The monoisotopic (exact) mass is 168 g/mol. The van der Waals surface area contributed by atoms with E-state index in [4.69, 9.17) is 5.41 Å². The molecular formula is C8H14N3O+. The predicted octanol–water partition coefficient (Wildman–Crippen LogP) is -0.866. The highest BCUT2D eigenvalue weighted by Crippen LogP contribution is 2.07. The zero-order valence-electron chi connectivity index (χ0n) is 7.42. The number of urea groups is 1. The second-order valence-corrected chi connectivity index (χ2v) is 3.17. The molecule has 1 aliphatic heterocycles. The molecule has 2 amide bonds. The van der Waals surface area contributed by atoms with Gasteiger partial charge in [0.25, 0.3) is 5.84 Å². The molecule has 1 heterocycles. The van der Waals surface area contributed by atoms with Crippen LogP contribution < -0.4 is 10.7 Å². The van der Waals surface area contributed by atoms with Gasteiger partial charge in [-0.15, -0.1) is 0 Å². The molecule has 0 atom stereocenters. The summed E-state index contributed by atoms with van der Waals surface area (Å²) in [6.07, 6.45) is 0. The van der Waals surface area contributed by atoms with Crippen molar-refractivity contribution in [3.63, 3.8) is 0 Å². The number of hydrogen-bond donors (Lipinski definition) is 2. The lowest BCUT2D eigenvalue weighted by Gasteiger charge is -2.28. The number of rotatable bonds is 1. The molecule has 1 aliphatic rings. The summed E-state index contributed by atoms with van der Waals surface area (Å²) in [5.74, 6) is 0.386. The Hall–Kier alpha value is -1.32. The topological polar surface area (TPSA) is 57.9 Å². The highest BCUT2D eigenvalue weighted by molar-refractivity contribution is 6.06. The second-order valence-electron chi connectivity index (χ2n) is 3.17. The Balaban J connectivity index is 2.75. The lowest BCUT2D eigenvalue weighted by atomic mass is 10.2. The van der Waals surface area contributed by atoms with Crippen molar-refractivity contribution in [2.45, 2.75) is 19.9 Å². The molecule has 3 N–H and O–H groups in total. The van der Waals surface area contributed by atoms with Crippen LogP contribution in [0, 0.1) is 0 Å². The van der Waals surface area contributed by atoms with E-state index in [0.29, 0.717) is 12.4 Å². The lowest BCUT2D eigenvalue weighted by Crippen LogP contribution is -2.61. The van der Waals surface area contributed by atoms with E-state index < -0.39 is 0 Å². The van der Waals surface area contributed by atoms with Crippen LogP contribution in [0.25, 0.3) is 0 Å². The van der Waals surface area contributed by atoms with Crippen LogP contribution >= 0.6 is 0 Å². The molecule has 66 valence electrons. The van der Waals surface area contributed by atoms with E-state index >= 15 is 0 Å². The van der Waals surface area contributed by atoms with E-state index in [1.54, 1.807) is 4.90 Å². The summed E-state index contributed by atoms with van der Waals surface area (Å²) in [7, 11) is 0. The van der Waals surface area contributed by atoms with Gasteiger partial charge in [0.1, 0.15) is 0 Å². The number of nitrogens with one attached hydrogen (secondary N) is 1. The molecule has 4 nitrogen and oxygen atoms in total. The molecule has 1 saturated heterocycles. The van der Waals surface area contributed by atoms with Crippen LogP contribution in [-0.4, -0.2) is 29.4 Å². The summed E-state index contributed by atoms with van der Waals surface area (Å²) in [4.78, 5) is 12.9. The van der Waals surface area contributed by atoms with Crippen LogP contribution in [0.3, 0.4) is 0 Å². The molecule has 0 aromatic rings. The highest BCUT2D eigenvalue weighted by atomic mass is 16.2. The van der Waals surface area contributed by atoms with E-state index in [2.05, 4.69) is 11.9 Å². The molecular weight excluding hydrogens is 154 g/mol. The first-order valence-electron chi connectivity index (χ1n) is 3.90. The maximum absolute atomic E-state index is 11.3. The van der Waals surface area contributed by atoms with Gasteiger partial charge in [-0.2, -0.15) is 5.32 Å². The van der Waals surface area contributed by atoms with Gasteiger partial charge in [-0.3, -0.25) is 10.3 Å². The maximum Gasteiger partial charge on any atom is 0.409 e. The van der Waals surface area contributed by atoms with Gasteiger partial charge in [-0.25, -0.2) is 4.79 Å². The van der Waals surface area contributed by atoms with Crippen molar-refractivity contribution in [3.8, 4) is 0 Å². The lowest BCUT2D eigenvalue weighted by molar-refractivity contribution is -0.117. The smallest absolute Gasteiger partial charge is 0.298 e. The Kier molecular flexibility index (Phi) is 2.17. The highest BCUT2D eigenvalue weighted by Gasteiger charge is 2.30. The number of amidine groups is 1. The quantitative estimate of drug-likeness (QED) is 0.525. The van der Waals surface area contributed by atoms with E-state index in [1.165, 1.54) is 0 Å². The minimum Gasteiger partial charge on any atom is -0.298 e. The van der Waals surface area contributed by atoms with Crippen molar-refractivity contribution >= 4 is 11.9 Å². The molecule has 0 aromatic carbocycles. The van der Waals surface area contributed by atoms with Crippen molar-refractivity contribution in [2.75, 3.05) is 6.54 Å². The van der Waals surface area contributed by atoms with Crippen LogP contribution in [0.15, 0.2) is 12.2 Å². The third-order valence-electron chi connectivity index (χ3n) is 1.87. The molecule has 0 radical (unpaired) electrons. The Bertz CT molecular complexity index is 245. The first-order chi connectivity index (χ1) is 5.52. The van der Waals surface area contributed by atoms with E-state index in [1.807, 2.05) is 13.8 Å². The second kappa shape index (κ2) is 2.97. The molecule has 1 rings (SSSR count). The van der Waals surface area contributed by atoms with Crippen LogP contribution in [-0.2, 0) is 0 Å². The van der Waals surface area contributed by atoms with Gasteiger partial charge in [0, 0.05) is 6.04 Å². The summed E-state index contributed by atoms with van der Waals surface area (Å²) >= 11 is 0. The zero-order valence-corrected chi connectivity index (χ0v) is 7.42. The largest absolute Gasteiger partial charge is 0.409 e. The summed E-state index contributed by atoms with van der Waals surface area (Å²) in [5.41, 5.74) is 0.767. The fourth-order valence-corrected chi connectivity index (χ4v) is 1.06. The number of carbonyl (C=O) groups excluding carboxylic acids is 1. The number of amides is 2. The van der Waals surface area contributed by atoms with Gasteiger partial charge < -0.3 is 0 Å². The maximum atomic E-state index is 11.3. The molecule has 0 aliphatic carbocycles. The molecule has 0 unspecified atom stereocenters. The van der Waals surface area contributed by atoms with Gasteiger partial charge in [-0.1, -0.05) is 6.58 Å². The molecule has 1 fully saturated rings. The SMILES string of the molecule is C=C1CN(C(C)C)C(=O)NC1=[NH2+]. The first kappa shape index (κ1) is 8.77. The minimum absolute atomic E-state index is 0.144. The number of nitrogens with two attached hydrogens (primary N) is 1. The number of hydrogen-bond acceptors (Lipinski definition) is 1. The molecule has 0 saturated carbocycles. The van der Waals surface area contributed by atoms with Gasteiger partial charge in [-0.05, 0) is 13.8 Å². The molecule has 12 heavy (non-hydrogen) atoms. The fraction of sp³-hybridized carbons (Fsp3) is 0.500. The zero-order chi connectivity index (χ0) is 9.30. The first-order valence-corrected chi connectivity index (χ1v) is 3.90. The average Bonchev–Trinajstić information content (AvgIpc) is 1.96. The summed E-state index contributed by atoms with van der Waals surface area (Å²) in [6.45, 7) is 8.17. The average molecular weight is 168 g/mol. The van der Waals surface area contributed by atoms with Crippen molar-refractivity contribution in [3.05, 3.63) is 12.2 Å². The van der Waals surface area contributed by atoms with Crippen LogP contribution in [0.2, 0.25) is 0 Å². The molecule has 0 spiro atoms. The number of nitrogens with zero attached hydrogens (tertiary/aromatic N) is 1. The van der Waals surface area contributed by atoms with Crippen molar-refractivity contribution in [1.29, 1.82) is 0 Å². The standard InChI is InChI=1S/C8H13N3O/c1-5(2)11-4-6(3)7(9)10-8(11)12/h5H,3-4H2,1-2H3,(H2,9,10,12)/p+1. The van der Waals surface area contributed by atoms with Gasteiger partial charge >= 0.3 is 6.03 Å². The van der Waals surface area contributed by atoms with Crippen LogP contribution in [0.5, 0.6) is 0 Å². The van der Waals surface area contributed by atoms with Gasteiger partial charge in [0.05, 0.1) is 12.1 Å². The van der Waals surface area contributed by atoms with E-state index in [9.17, 15) is 4.79 Å². The minimum atomic E-state index is -0.144. The third kappa shape index (κ3) is 1.47. The fourth-order valence-electron chi connectivity index (χ4n) is 1.06. The molecule has 0 aromatic heterocycles. The van der Waals surface area contributed by atoms with Gasteiger partial charge in [0.15, 0.2) is 0 Å². The Morgan fingerprint density at radius 2 is 2.25 bits per heavy atom. The van der Waals surface area contributed by atoms with Crippen LogP contribution in [0.1, 0.15) is 13.8 Å². The molecule has 0 bridgehead atoms. The van der Waals surface area contributed by atoms with Gasteiger partial charge in [0.2, 0.25) is 0 Å².